The first-order valence-corrected chi connectivity index (χ1v) is 12.7. The van der Waals surface area contributed by atoms with Crippen LogP contribution in [0.1, 0.15) is 71.1 Å². The van der Waals surface area contributed by atoms with Crippen LogP contribution in [0, 0.1) is 0 Å². The molecule has 0 aliphatic rings. The van der Waals surface area contributed by atoms with E-state index in [0.717, 1.165) is 12.8 Å². The van der Waals surface area contributed by atoms with Crippen LogP contribution in [0.3, 0.4) is 0 Å². The van der Waals surface area contributed by atoms with Crippen molar-refractivity contribution in [1.82, 2.24) is 4.98 Å². The first-order chi connectivity index (χ1) is 14.0. The van der Waals surface area contributed by atoms with E-state index in [2.05, 4.69) is 21.9 Å². The lowest BCUT2D eigenvalue weighted by Gasteiger charge is -2.08. The van der Waals surface area contributed by atoms with Gasteiger partial charge < -0.3 is 5.32 Å². The molecule has 1 aromatic carbocycles. The van der Waals surface area contributed by atoms with Crippen molar-refractivity contribution in [2.24, 2.45) is 0 Å². The number of benzene rings is 1. The summed E-state index contributed by atoms with van der Waals surface area (Å²) in [5.74, 6) is -0.0375. The molecule has 8 heteroatoms. The Bertz CT molecular complexity index is 819. The van der Waals surface area contributed by atoms with E-state index < -0.39 is 10.0 Å². The number of nitrogens with one attached hydrogen (secondary N) is 2. The van der Waals surface area contributed by atoms with E-state index in [1.165, 1.54) is 74.6 Å². The molecule has 0 fully saturated rings. The molecule has 0 atom stereocenters. The Kier molecular flexibility index (Phi) is 10.1. The van der Waals surface area contributed by atoms with Gasteiger partial charge in [0.25, 0.3) is 10.0 Å². The Balaban J connectivity index is 1.66. The van der Waals surface area contributed by atoms with Gasteiger partial charge in [0, 0.05) is 23.7 Å². The van der Waals surface area contributed by atoms with Crippen LogP contribution in [0.25, 0.3) is 0 Å². The number of hydrogen-bond acceptors (Lipinski definition) is 5. The SMILES string of the molecule is CCCCCCCCCCCC(=O)Nc1ccc(S(=O)(=O)Nc2nccs2)cc1. The smallest absolute Gasteiger partial charge is 0.263 e. The van der Waals surface area contributed by atoms with E-state index in [9.17, 15) is 13.2 Å². The lowest BCUT2D eigenvalue weighted by atomic mass is 10.1. The minimum Gasteiger partial charge on any atom is -0.326 e. The number of carbonyl (C=O) groups excluding carboxylic acids is 1. The third-order valence-electron chi connectivity index (χ3n) is 4.61. The highest BCUT2D eigenvalue weighted by molar-refractivity contribution is 7.93. The molecule has 0 radical (unpaired) electrons. The van der Waals surface area contributed by atoms with E-state index in [1.54, 1.807) is 17.5 Å². The van der Waals surface area contributed by atoms with Crippen molar-refractivity contribution in [2.45, 2.75) is 76.0 Å². The number of nitrogens with zero attached hydrogens (tertiary/aromatic N) is 1. The molecule has 1 amide bonds. The lowest BCUT2D eigenvalue weighted by Crippen LogP contribution is -2.14. The summed E-state index contributed by atoms with van der Waals surface area (Å²) in [6, 6.07) is 6.16. The highest BCUT2D eigenvalue weighted by Gasteiger charge is 2.15. The van der Waals surface area contributed by atoms with Gasteiger partial charge in [-0.3, -0.25) is 9.52 Å². The fourth-order valence-corrected chi connectivity index (χ4v) is 4.77. The van der Waals surface area contributed by atoms with Gasteiger partial charge in [-0.2, -0.15) is 0 Å². The van der Waals surface area contributed by atoms with Gasteiger partial charge in [-0.1, -0.05) is 58.3 Å². The number of hydrogen-bond donors (Lipinski definition) is 2. The van der Waals surface area contributed by atoms with Crippen LogP contribution in [0.2, 0.25) is 0 Å². The molecule has 6 nitrogen and oxygen atoms in total. The predicted octanol–water partition coefficient (Wildman–Crippen LogP) is 5.80. The highest BCUT2D eigenvalue weighted by atomic mass is 32.2. The van der Waals surface area contributed by atoms with Gasteiger partial charge in [0.05, 0.1) is 4.90 Å². The predicted molar refractivity (Wildman–Crippen MR) is 120 cm³/mol. The number of amides is 1. The second-order valence-corrected chi connectivity index (χ2v) is 9.67. The van der Waals surface area contributed by atoms with Gasteiger partial charge in [-0.15, -0.1) is 11.3 Å². The molecule has 0 bridgehead atoms. The van der Waals surface area contributed by atoms with Gasteiger partial charge >= 0.3 is 0 Å². The van der Waals surface area contributed by atoms with Crippen LogP contribution in [0.15, 0.2) is 40.7 Å². The molecule has 0 unspecified atom stereocenters. The summed E-state index contributed by atoms with van der Waals surface area (Å²) in [6.07, 6.45) is 12.9. The van der Waals surface area contributed by atoms with Crippen LogP contribution < -0.4 is 10.0 Å². The van der Waals surface area contributed by atoms with Crippen molar-refractivity contribution in [1.29, 1.82) is 0 Å². The second kappa shape index (κ2) is 12.6. The number of thiazole rings is 1. The lowest BCUT2D eigenvalue weighted by molar-refractivity contribution is -0.116. The van der Waals surface area contributed by atoms with Crippen molar-refractivity contribution in [3.8, 4) is 0 Å². The van der Waals surface area contributed by atoms with Crippen LogP contribution >= 0.6 is 11.3 Å². The molecule has 0 spiro atoms. The van der Waals surface area contributed by atoms with Crippen LogP contribution in [-0.2, 0) is 14.8 Å². The maximum absolute atomic E-state index is 12.3. The quantitative estimate of drug-likeness (QED) is 0.365. The van der Waals surface area contributed by atoms with Gasteiger partial charge in [0.1, 0.15) is 0 Å². The zero-order valence-corrected chi connectivity index (χ0v) is 18.7. The first-order valence-electron chi connectivity index (χ1n) is 10.3. The molecule has 0 saturated carbocycles. The second-order valence-electron chi connectivity index (χ2n) is 7.09. The summed E-state index contributed by atoms with van der Waals surface area (Å²) in [5, 5.41) is 4.85. The average molecular weight is 438 g/mol. The van der Waals surface area contributed by atoms with Gasteiger partial charge in [-0.05, 0) is 30.7 Å². The Morgan fingerprint density at radius 3 is 2.17 bits per heavy atom. The molecule has 1 heterocycles. The molecular formula is C21H31N3O3S2. The van der Waals surface area contributed by atoms with Crippen LogP contribution in [-0.4, -0.2) is 19.3 Å². The van der Waals surface area contributed by atoms with E-state index >= 15 is 0 Å². The van der Waals surface area contributed by atoms with Crippen LogP contribution in [0.4, 0.5) is 10.8 Å². The minimum atomic E-state index is -3.67. The average Bonchev–Trinajstić information content (AvgIpc) is 3.19. The standard InChI is InChI=1S/C21H31N3O3S2/c1-2-3-4-5-6-7-8-9-10-11-20(25)23-18-12-14-19(15-13-18)29(26,27)24-21-22-16-17-28-21/h12-17H,2-11H2,1H3,(H,22,24)(H,23,25). The number of unbranched alkanes of at least 4 members (excludes halogenated alkanes) is 8. The summed E-state index contributed by atoms with van der Waals surface area (Å²) in [6.45, 7) is 2.22. The third kappa shape index (κ3) is 8.95. The molecule has 2 N–H and O–H groups in total. The van der Waals surface area contributed by atoms with Gasteiger partial charge in [0.2, 0.25) is 5.91 Å². The number of sulfonamides is 1. The van der Waals surface area contributed by atoms with E-state index in [0.29, 0.717) is 17.2 Å². The molecule has 0 aliphatic carbocycles. The molecule has 0 saturated heterocycles. The van der Waals surface area contributed by atoms with Gasteiger partial charge in [0.15, 0.2) is 5.13 Å². The molecule has 2 rings (SSSR count). The van der Waals surface area contributed by atoms with E-state index in [4.69, 9.17) is 0 Å². The van der Waals surface area contributed by atoms with Crippen molar-refractivity contribution in [3.05, 3.63) is 35.8 Å². The van der Waals surface area contributed by atoms with Crippen molar-refractivity contribution in [3.63, 3.8) is 0 Å². The van der Waals surface area contributed by atoms with Gasteiger partial charge in [-0.25, -0.2) is 13.4 Å². The summed E-state index contributed by atoms with van der Waals surface area (Å²) in [5.41, 5.74) is 0.596. The monoisotopic (exact) mass is 437 g/mol. The third-order valence-corrected chi connectivity index (χ3v) is 6.78. The topological polar surface area (TPSA) is 88.2 Å². The molecule has 29 heavy (non-hydrogen) atoms. The minimum absolute atomic E-state index is 0.0375. The summed E-state index contributed by atoms with van der Waals surface area (Å²) in [7, 11) is -3.67. The molecular weight excluding hydrogens is 406 g/mol. The largest absolute Gasteiger partial charge is 0.326 e. The maximum Gasteiger partial charge on any atom is 0.263 e. The van der Waals surface area contributed by atoms with Crippen molar-refractivity contribution in [2.75, 3.05) is 10.0 Å². The normalized spacial score (nSPS) is 11.3. The molecule has 2 aromatic rings. The maximum atomic E-state index is 12.3. The number of aromatic nitrogens is 1. The Labute approximate surface area is 178 Å². The zero-order chi connectivity index (χ0) is 21.0. The van der Waals surface area contributed by atoms with Crippen LogP contribution in [0.5, 0.6) is 0 Å². The summed E-state index contributed by atoms with van der Waals surface area (Å²) < 4.78 is 27.0. The van der Waals surface area contributed by atoms with E-state index in [-0.39, 0.29) is 10.8 Å². The zero-order valence-electron chi connectivity index (χ0n) is 17.0. The van der Waals surface area contributed by atoms with E-state index in [1.807, 2.05) is 0 Å². The van der Waals surface area contributed by atoms with Crippen molar-refractivity contribution < 1.29 is 13.2 Å². The Morgan fingerprint density at radius 2 is 1.59 bits per heavy atom. The first kappa shape index (κ1) is 23.3. The fourth-order valence-electron chi connectivity index (χ4n) is 2.98. The number of carbonyl (C=O) groups is 1. The Hall–Kier alpha value is -1.93. The fraction of sp³-hybridized carbons (Fsp3) is 0.524. The number of rotatable bonds is 14. The molecule has 0 aliphatic heterocycles. The Morgan fingerprint density at radius 1 is 0.966 bits per heavy atom. The number of anilines is 2. The molecule has 160 valence electrons. The summed E-state index contributed by atoms with van der Waals surface area (Å²) in [4.78, 5) is 16.1. The highest BCUT2D eigenvalue weighted by Crippen LogP contribution is 2.20. The molecule has 1 aromatic heterocycles. The van der Waals surface area contributed by atoms with Crippen molar-refractivity contribution >= 4 is 38.1 Å². The summed E-state index contributed by atoms with van der Waals surface area (Å²) >= 11 is 1.21.